The summed E-state index contributed by atoms with van der Waals surface area (Å²) in [6.07, 6.45) is 0.852. The maximum atomic E-state index is 12.4. The zero-order chi connectivity index (χ0) is 22.1. The fourth-order valence-electron chi connectivity index (χ4n) is 3.43. The summed E-state index contributed by atoms with van der Waals surface area (Å²) in [5, 5.41) is 0. The summed E-state index contributed by atoms with van der Waals surface area (Å²) < 4.78 is 10.3. The Kier molecular flexibility index (Phi) is 5.64. The van der Waals surface area contributed by atoms with Gasteiger partial charge in [-0.25, -0.2) is 0 Å². The lowest BCUT2D eigenvalue weighted by Gasteiger charge is -2.29. The van der Waals surface area contributed by atoms with E-state index in [1.807, 2.05) is 13.8 Å². The largest absolute Gasteiger partial charge is 0.493 e. The van der Waals surface area contributed by atoms with Crippen LogP contribution in [0.2, 0.25) is 0 Å². The van der Waals surface area contributed by atoms with Crippen molar-refractivity contribution < 1.29 is 23.9 Å². The van der Waals surface area contributed by atoms with Crippen molar-refractivity contribution in [1.29, 1.82) is 0 Å². The lowest BCUT2D eigenvalue weighted by atomic mass is 9.75. The number of benzene rings is 1. The predicted molar refractivity (Wildman–Crippen MR) is 108 cm³/mol. The Bertz CT molecular complexity index is 1090. The molecule has 0 saturated carbocycles. The van der Waals surface area contributed by atoms with Crippen molar-refractivity contribution >= 4 is 17.6 Å². The van der Waals surface area contributed by atoms with E-state index in [2.05, 4.69) is 15.8 Å². The molecule has 0 fully saturated rings. The predicted octanol–water partition coefficient (Wildman–Crippen LogP) is 1.62. The van der Waals surface area contributed by atoms with Crippen molar-refractivity contribution in [2.24, 2.45) is 5.41 Å². The standard InChI is InChI=1S/C21H23N3O6/c1-21(2)9-14-12(15(25)10-21)8-13(19(27)22-14)20(28)24-23-18(26)11-5-6-16(29-3)17(7-11)30-4/h5-8H,9-10H2,1-4H3,(H,22,27)(H,23,26)(H,24,28). The van der Waals surface area contributed by atoms with Crippen molar-refractivity contribution in [2.45, 2.75) is 26.7 Å². The third-order valence-electron chi connectivity index (χ3n) is 4.90. The van der Waals surface area contributed by atoms with Crippen LogP contribution in [0.4, 0.5) is 0 Å². The molecule has 0 radical (unpaired) electrons. The number of carbonyl (C=O) groups is 3. The fourth-order valence-corrected chi connectivity index (χ4v) is 3.43. The molecule has 0 bridgehead atoms. The second-order valence-electron chi connectivity index (χ2n) is 7.82. The molecule has 0 aliphatic heterocycles. The molecule has 158 valence electrons. The fraction of sp³-hybridized carbons (Fsp3) is 0.333. The summed E-state index contributed by atoms with van der Waals surface area (Å²) in [5.41, 5.74) is 4.36. The highest BCUT2D eigenvalue weighted by molar-refractivity contribution is 6.03. The SMILES string of the molecule is COc1ccc(C(=O)NNC(=O)c2cc3c([nH]c2=O)CC(C)(C)CC3=O)cc1OC. The molecular formula is C21H23N3O6. The van der Waals surface area contributed by atoms with Gasteiger partial charge in [-0.05, 0) is 36.1 Å². The molecule has 1 aliphatic carbocycles. The average molecular weight is 413 g/mol. The summed E-state index contributed by atoms with van der Waals surface area (Å²) in [5.74, 6) is -0.779. The van der Waals surface area contributed by atoms with Gasteiger partial charge in [0.25, 0.3) is 17.4 Å². The summed E-state index contributed by atoms with van der Waals surface area (Å²) in [6, 6.07) is 5.78. The first-order valence-electron chi connectivity index (χ1n) is 9.27. The molecule has 3 rings (SSSR count). The van der Waals surface area contributed by atoms with Crippen LogP contribution < -0.4 is 25.9 Å². The highest BCUT2D eigenvalue weighted by Gasteiger charge is 2.32. The number of rotatable bonds is 4. The number of methoxy groups -OCH3 is 2. The molecule has 0 saturated heterocycles. The quantitative estimate of drug-likeness (QED) is 0.654. The van der Waals surface area contributed by atoms with Crippen molar-refractivity contribution in [2.75, 3.05) is 14.2 Å². The summed E-state index contributed by atoms with van der Waals surface area (Å²) in [7, 11) is 2.91. The van der Waals surface area contributed by atoms with Crippen LogP contribution in [-0.2, 0) is 6.42 Å². The third kappa shape index (κ3) is 4.19. The second-order valence-corrected chi connectivity index (χ2v) is 7.82. The Morgan fingerprint density at radius 1 is 0.967 bits per heavy atom. The molecule has 1 aliphatic rings. The van der Waals surface area contributed by atoms with Gasteiger partial charge in [-0.2, -0.15) is 0 Å². The van der Waals surface area contributed by atoms with Crippen LogP contribution in [0.3, 0.4) is 0 Å². The van der Waals surface area contributed by atoms with Crippen LogP contribution in [0, 0.1) is 5.41 Å². The van der Waals surface area contributed by atoms with Gasteiger partial charge in [0.2, 0.25) is 0 Å². The number of aromatic nitrogens is 1. The van der Waals surface area contributed by atoms with Gasteiger partial charge in [0.15, 0.2) is 17.3 Å². The first-order chi connectivity index (χ1) is 14.1. The zero-order valence-electron chi connectivity index (χ0n) is 17.2. The summed E-state index contributed by atoms with van der Waals surface area (Å²) in [6.45, 7) is 3.88. The number of pyridine rings is 1. The Balaban J connectivity index is 1.76. The maximum Gasteiger partial charge on any atom is 0.275 e. The monoisotopic (exact) mass is 413 g/mol. The number of hydrogen-bond acceptors (Lipinski definition) is 6. The molecular weight excluding hydrogens is 390 g/mol. The summed E-state index contributed by atoms with van der Waals surface area (Å²) in [4.78, 5) is 52.2. The number of hydrazine groups is 1. The normalized spacial score (nSPS) is 14.5. The molecule has 1 heterocycles. The highest BCUT2D eigenvalue weighted by atomic mass is 16.5. The number of ether oxygens (including phenoxy) is 2. The van der Waals surface area contributed by atoms with E-state index in [1.54, 1.807) is 6.07 Å². The Labute approximate surface area is 172 Å². The van der Waals surface area contributed by atoms with Crippen molar-refractivity contribution in [3.05, 3.63) is 57.0 Å². The van der Waals surface area contributed by atoms with Gasteiger partial charge in [0.1, 0.15) is 5.56 Å². The van der Waals surface area contributed by atoms with E-state index in [0.717, 1.165) is 0 Å². The molecule has 9 nitrogen and oxygen atoms in total. The number of aromatic amines is 1. The number of nitrogens with one attached hydrogen (secondary N) is 3. The van der Waals surface area contributed by atoms with Crippen LogP contribution >= 0.6 is 0 Å². The van der Waals surface area contributed by atoms with Crippen LogP contribution in [-0.4, -0.2) is 36.8 Å². The minimum absolute atomic E-state index is 0.138. The minimum atomic E-state index is -0.828. The topological polar surface area (TPSA) is 127 Å². The van der Waals surface area contributed by atoms with Gasteiger partial charge < -0.3 is 14.5 Å². The second kappa shape index (κ2) is 8.02. The van der Waals surface area contributed by atoms with Crippen LogP contribution in [0.1, 0.15) is 57.0 Å². The molecule has 9 heteroatoms. The van der Waals surface area contributed by atoms with E-state index in [9.17, 15) is 19.2 Å². The number of hydrogen-bond donors (Lipinski definition) is 3. The first kappa shape index (κ1) is 21.1. The third-order valence-corrected chi connectivity index (χ3v) is 4.90. The number of ketones is 1. The first-order valence-corrected chi connectivity index (χ1v) is 9.27. The molecule has 0 spiro atoms. The van der Waals surface area contributed by atoms with E-state index in [4.69, 9.17) is 9.47 Å². The molecule has 30 heavy (non-hydrogen) atoms. The van der Waals surface area contributed by atoms with Gasteiger partial charge in [0, 0.05) is 23.2 Å². The zero-order valence-corrected chi connectivity index (χ0v) is 17.2. The van der Waals surface area contributed by atoms with Gasteiger partial charge in [0.05, 0.1) is 14.2 Å². The number of amides is 2. The molecule has 2 aromatic rings. The van der Waals surface area contributed by atoms with Crippen molar-refractivity contribution in [3.8, 4) is 11.5 Å². The molecule has 1 aromatic carbocycles. The van der Waals surface area contributed by atoms with E-state index < -0.39 is 17.4 Å². The average Bonchev–Trinajstić information content (AvgIpc) is 2.69. The van der Waals surface area contributed by atoms with Crippen molar-refractivity contribution in [1.82, 2.24) is 15.8 Å². The lowest BCUT2D eigenvalue weighted by molar-refractivity contribution is 0.0844. The number of fused-ring (bicyclic) bond motifs is 1. The molecule has 0 unspecified atom stereocenters. The molecule has 3 N–H and O–H groups in total. The Hall–Kier alpha value is -3.62. The van der Waals surface area contributed by atoms with Gasteiger partial charge in [-0.15, -0.1) is 0 Å². The Morgan fingerprint density at radius 2 is 1.63 bits per heavy atom. The highest BCUT2D eigenvalue weighted by Crippen LogP contribution is 2.33. The number of carbonyl (C=O) groups excluding carboxylic acids is 3. The Morgan fingerprint density at radius 3 is 2.30 bits per heavy atom. The van der Waals surface area contributed by atoms with E-state index in [0.29, 0.717) is 35.6 Å². The van der Waals surface area contributed by atoms with Gasteiger partial charge in [-0.3, -0.25) is 30.0 Å². The smallest absolute Gasteiger partial charge is 0.275 e. The lowest BCUT2D eigenvalue weighted by Crippen LogP contribution is -2.44. The maximum absolute atomic E-state index is 12.4. The summed E-state index contributed by atoms with van der Waals surface area (Å²) >= 11 is 0. The minimum Gasteiger partial charge on any atom is -0.493 e. The van der Waals surface area contributed by atoms with Gasteiger partial charge >= 0.3 is 0 Å². The number of H-pyrrole nitrogens is 1. The van der Waals surface area contributed by atoms with Crippen LogP contribution in [0.5, 0.6) is 11.5 Å². The molecule has 2 amide bonds. The van der Waals surface area contributed by atoms with Crippen molar-refractivity contribution in [3.63, 3.8) is 0 Å². The van der Waals surface area contributed by atoms with E-state index in [-0.39, 0.29) is 22.3 Å². The van der Waals surface area contributed by atoms with E-state index >= 15 is 0 Å². The van der Waals surface area contributed by atoms with Crippen LogP contribution in [0.15, 0.2) is 29.1 Å². The molecule has 1 aromatic heterocycles. The molecule has 0 atom stereocenters. The van der Waals surface area contributed by atoms with Gasteiger partial charge in [-0.1, -0.05) is 13.8 Å². The van der Waals surface area contributed by atoms with E-state index in [1.165, 1.54) is 32.4 Å². The van der Waals surface area contributed by atoms with Crippen LogP contribution in [0.25, 0.3) is 0 Å². The number of Topliss-reactive ketones (excluding diaryl/α,β-unsaturated/α-hetero) is 1.